The summed E-state index contributed by atoms with van der Waals surface area (Å²) in [4.78, 5) is 11.4. The molecule has 2 atom stereocenters. The van der Waals surface area contributed by atoms with Gasteiger partial charge in [0, 0.05) is 13.3 Å². The van der Waals surface area contributed by atoms with Crippen LogP contribution in [0.3, 0.4) is 0 Å². The Balaban J connectivity index is 2.75. The van der Waals surface area contributed by atoms with Crippen molar-refractivity contribution in [2.24, 2.45) is 0 Å². The minimum Gasteiger partial charge on any atom is -0.504 e. The number of aliphatic hydroxyl groups excluding tert-OH is 2. The first-order valence-corrected chi connectivity index (χ1v) is 9.26. The molecule has 1 aromatic rings. The van der Waals surface area contributed by atoms with Gasteiger partial charge in [-0.05, 0) is 42.5 Å². The van der Waals surface area contributed by atoms with E-state index in [1.54, 1.807) is 6.07 Å². The van der Waals surface area contributed by atoms with E-state index in [4.69, 9.17) is 9.47 Å². The van der Waals surface area contributed by atoms with Gasteiger partial charge >= 0.3 is 5.97 Å². The molecule has 0 saturated carbocycles. The zero-order valence-electron chi connectivity index (χ0n) is 16.0. The topological polar surface area (TPSA) is 96.2 Å². The van der Waals surface area contributed by atoms with Crippen molar-refractivity contribution < 1.29 is 29.6 Å². The van der Waals surface area contributed by atoms with Gasteiger partial charge in [0.15, 0.2) is 11.5 Å². The number of unbranched alkanes of at least 4 members (excludes halogenated alkanes) is 2. The van der Waals surface area contributed by atoms with Crippen LogP contribution in [0, 0.1) is 0 Å². The number of rotatable bonds is 12. The number of ether oxygens (including phenoxy) is 2. The Kier molecular flexibility index (Phi) is 10.1. The van der Waals surface area contributed by atoms with Crippen molar-refractivity contribution in [3.63, 3.8) is 0 Å². The Morgan fingerprint density at radius 1 is 1.19 bits per heavy atom. The lowest BCUT2D eigenvalue weighted by Crippen LogP contribution is -2.24. The number of aliphatic hydroxyl groups is 2. The van der Waals surface area contributed by atoms with E-state index in [9.17, 15) is 20.1 Å². The van der Waals surface area contributed by atoms with Gasteiger partial charge in [-0.2, -0.15) is 0 Å². The molecule has 1 aromatic carbocycles. The lowest BCUT2D eigenvalue weighted by molar-refractivity contribution is -0.148. The summed E-state index contributed by atoms with van der Waals surface area (Å²) in [5.74, 6) is -0.0644. The highest BCUT2D eigenvalue weighted by molar-refractivity contribution is 5.66. The molecule has 0 heterocycles. The molecule has 0 fully saturated rings. The summed E-state index contributed by atoms with van der Waals surface area (Å²) in [6.07, 6.45) is 4.36. The summed E-state index contributed by atoms with van der Waals surface area (Å²) in [5.41, 5.74) is 1.42. The number of aromatic hydroxyl groups is 1. The second kappa shape index (κ2) is 11.8. The molecule has 1 rings (SSSR count). The van der Waals surface area contributed by atoms with Crippen LogP contribution in [0.1, 0.15) is 63.5 Å². The average molecular weight is 368 g/mol. The monoisotopic (exact) mass is 368 g/mol. The third kappa shape index (κ3) is 7.62. The van der Waals surface area contributed by atoms with Crippen molar-refractivity contribution in [1.29, 1.82) is 0 Å². The van der Waals surface area contributed by atoms with Crippen LogP contribution in [0.4, 0.5) is 0 Å². The Morgan fingerprint density at radius 3 is 2.50 bits per heavy atom. The minimum absolute atomic E-state index is 0.0248. The largest absolute Gasteiger partial charge is 0.504 e. The fraction of sp³-hybridized carbons (Fsp3) is 0.650. The number of methoxy groups -OCH3 is 1. The van der Waals surface area contributed by atoms with Crippen molar-refractivity contribution >= 4 is 5.97 Å². The van der Waals surface area contributed by atoms with Crippen molar-refractivity contribution in [2.45, 2.75) is 77.6 Å². The van der Waals surface area contributed by atoms with Gasteiger partial charge in [0.1, 0.15) is 6.10 Å². The number of carbonyl (C=O) groups is 1. The average Bonchev–Trinajstić information content (AvgIpc) is 2.59. The van der Waals surface area contributed by atoms with E-state index >= 15 is 0 Å². The molecular formula is C20H32O6. The van der Waals surface area contributed by atoms with Gasteiger partial charge in [0.2, 0.25) is 0 Å². The highest BCUT2D eigenvalue weighted by Crippen LogP contribution is 2.30. The highest BCUT2D eigenvalue weighted by Gasteiger charge is 2.19. The van der Waals surface area contributed by atoms with Crippen LogP contribution >= 0.6 is 0 Å². The number of phenols is 1. The number of carbonyl (C=O) groups excluding carboxylic acids is 1. The molecular weight excluding hydrogens is 336 g/mol. The van der Waals surface area contributed by atoms with Gasteiger partial charge < -0.3 is 24.8 Å². The fourth-order valence-corrected chi connectivity index (χ4v) is 3.02. The standard InChI is InChI=1S/C20H32O6/c1-4-5-6-7-17(23)12-18(26-14(2)22)9-8-15-11-20(25-3)19(24)10-16(15)13-21/h10-11,17-18,21,23-24H,4-9,12-13H2,1-3H3. The van der Waals surface area contributed by atoms with Crippen molar-refractivity contribution in [2.75, 3.05) is 7.11 Å². The molecule has 0 amide bonds. The normalized spacial score (nSPS) is 13.3. The molecule has 0 spiro atoms. The predicted octanol–water partition coefficient (Wildman–Crippen LogP) is 3.09. The molecule has 0 aliphatic carbocycles. The summed E-state index contributed by atoms with van der Waals surface area (Å²) in [5, 5.41) is 29.5. The van der Waals surface area contributed by atoms with E-state index in [0.29, 0.717) is 37.0 Å². The number of esters is 1. The summed E-state index contributed by atoms with van der Waals surface area (Å²) < 4.78 is 10.5. The van der Waals surface area contributed by atoms with Crippen LogP contribution in [0.25, 0.3) is 0 Å². The Labute approximate surface area is 155 Å². The molecule has 0 aliphatic rings. The second-order valence-electron chi connectivity index (χ2n) is 6.61. The molecule has 0 bridgehead atoms. The van der Waals surface area contributed by atoms with Gasteiger partial charge in [-0.25, -0.2) is 0 Å². The first-order valence-electron chi connectivity index (χ1n) is 9.26. The number of aryl methyl sites for hydroxylation is 1. The van der Waals surface area contributed by atoms with Crippen molar-refractivity contribution in [1.82, 2.24) is 0 Å². The molecule has 3 N–H and O–H groups in total. The van der Waals surface area contributed by atoms with E-state index in [0.717, 1.165) is 24.8 Å². The van der Waals surface area contributed by atoms with Gasteiger partial charge in [-0.3, -0.25) is 4.79 Å². The number of hydrogen-bond acceptors (Lipinski definition) is 6. The van der Waals surface area contributed by atoms with E-state index in [1.807, 2.05) is 0 Å². The zero-order valence-corrected chi connectivity index (χ0v) is 16.0. The number of phenolic OH excluding ortho intramolecular Hbond substituents is 1. The van der Waals surface area contributed by atoms with E-state index < -0.39 is 12.2 Å². The van der Waals surface area contributed by atoms with Crippen LogP contribution in [-0.2, 0) is 22.6 Å². The summed E-state index contributed by atoms with van der Waals surface area (Å²) >= 11 is 0. The summed E-state index contributed by atoms with van der Waals surface area (Å²) in [7, 11) is 1.46. The Hall–Kier alpha value is -1.79. The molecule has 6 nitrogen and oxygen atoms in total. The molecule has 0 saturated heterocycles. The third-order valence-corrected chi connectivity index (χ3v) is 4.42. The van der Waals surface area contributed by atoms with Gasteiger partial charge in [0.05, 0.1) is 19.8 Å². The van der Waals surface area contributed by atoms with Gasteiger partial charge in [0.25, 0.3) is 0 Å². The first kappa shape index (κ1) is 22.3. The smallest absolute Gasteiger partial charge is 0.302 e. The third-order valence-electron chi connectivity index (χ3n) is 4.42. The van der Waals surface area contributed by atoms with Crippen LogP contribution in [0.5, 0.6) is 11.5 Å². The minimum atomic E-state index is -0.502. The Morgan fingerprint density at radius 2 is 1.92 bits per heavy atom. The molecule has 0 radical (unpaired) electrons. The lowest BCUT2D eigenvalue weighted by Gasteiger charge is -2.21. The molecule has 6 heteroatoms. The van der Waals surface area contributed by atoms with E-state index in [-0.39, 0.29) is 18.3 Å². The lowest BCUT2D eigenvalue weighted by atomic mass is 9.97. The molecule has 0 aromatic heterocycles. The maximum atomic E-state index is 11.4. The SMILES string of the molecule is CCCCCC(O)CC(CCc1cc(OC)c(O)cc1CO)OC(C)=O. The fourth-order valence-electron chi connectivity index (χ4n) is 3.02. The van der Waals surface area contributed by atoms with Gasteiger partial charge in [-0.1, -0.05) is 26.2 Å². The zero-order chi connectivity index (χ0) is 19.5. The Bertz CT molecular complexity index is 557. The molecule has 26 heavy (non-hydrogen) atoms. The number of benzene rings is 1. The highest BCUT2D eigenvalue weighted by atomic mass is 16.5. The summed E-state index contributed by atoms with van der Waals surface area (Å²) in [6, 6.07) is 3.16. The maximum Gasteiger partial charge on any atom is 0.302 e. The van der Waals surface area contributed by atoms with Crippen molar-refractivity contribution in [3.8, 4) is 11.5 Å². The van der Waals surface area contributed by atoms with Crippen LogP contribution in [-0.4, -0.2) is 40.6 Å². The van der Waals surface area contributed by atoms with Crippen LogP contribution < -0.4 is 4.74 Å². The quantitative estimate of drug-likeness (QED) is 0.387. The summed E-state index contributed by atoms with van der Waals surface area (Å²) in [6.45, 7) is 3.27. The van der Waals surface area contributed by atoms with E-state index in [2.05, 4.69) is 6.92 Å². The number of hydrogen-bond donors (Lipinski definition) is 3. The first-order chi connectivity index (χ1) is 12.4. The predicted molar refractivity (Wildman–Crippen MR) is 99.2 cm³/mol. The maximum absolute atomic E-state index is 11.4. The van der Waals surface area contributed by atoms with Crippen molar-refractivity contribution in [3.05, 3.63) is 23.3 Å². The second-order valence-corrected chi connectivity index (χ2v) is 6.61. The van der Waals surface area contributed by atoms with Crippen LogP contribution in [0.15, 0.2) is 12.1 Å². The van der Waals surface area contributed by atoms with Crippen LogP contribution in [0.2, 0.25) is 0 Å². The van der Waals surface area contributed by atoms with Gasteiger partial charge in [-0.15, -0.1) is 0 Å². The molecule has 0 aliphatic heterocycles. The van der Waals surface area contributed by atoms with E-state index in [1.165, 1.54) is 20.1 Å². The molecule has 148 valence electrons. The molecule has 2 unspecified atom stereocenters.